The maximum Gasteiger partial charge on any atom is 0.243 e. The molecule has 0 saturated heterocycles. The van der Waals surface area contributed by atoms with E-state index in [4.69, 9.17) is 11.6 Å². The molecule has 1 N–H and O–H groups in total. The standard InChI is InChI=1S/C29H40ClN3O4S/c1-4-22-14-18-26(19-15-22)33(38(3,36)37)20-8-11-28(34)32(21-23-12-16-24(30)17-13-23)27(5-2)29(35)31-25-9-6-7-10-25/h12-19,25,27H,4-11,20-21H2,1-3H3,(H,31,35)/t27-/m1/s1. The van der Waals surface area contributed by atoms with Crippen molar-refractivity contribution in [1.82, 2.24) is 10.2 Å². The molecular formula is C29H40ClN3O4S. The third kappa shape index (κ3) is 8.46. The summed E-state index contributed by atoms with van der Waals surface area (Å²) in [6, 6.07) is 14.2. The smallest absolute Gasteiger partial charge is 0.243 e. The minimum Gasteiger partial charge on any atom is -0.352 e. The van der Waals surface area contributed by atoms with Gasteiger partial charge in [0.05, 0.1) is 11.9 Å². The van der Waals surface area contributed by atoms with Crippen LogP contribution in [0.3, 0.4) is 0 Å². The zero-order valence-corrected chi connectivity index (χ0v) is 24.2. The van der Waals surface area contributed by atoms with E-state index in [2.05, 4.69) is 5.32 Å². The lowest BCUT2D eigenvalue weighted by molar-refractivity contribution is -0.141. The molecule has 0 bridgehead atoms. The Balaban J connectivity index is 1.74. The number of nitrogens with zero attached hydrogens (tertiary/aromatic N) is 2. The summed E-state index contributed by atoms with van der Waals surface area (Å²) < 4.78 is 26.4. The second kappa shape index (κ2) is 14.0. The number of aryl methyl sites for hydroxylation is 1. The van der Waals surface area contributed by atoms with Crippen molar-refractivity contribution in [2.75, 3.05) is 17.1 Å². The summed E-state index contributed by atoms with van der Waals surface area (Å²) in [7, 11) is -3.52. The summed E-state index contributed by atoms with van der Waals surface area (Å²) in [5.41, 5.74) is 2.58. The SMILES string of the molecule is CCc1ccc(N(CCCC(=O)N(Cc2ccc(Cl)cc2)[C@H](CC)C(=O)NC2CCCC2)S(C)(=O)=O)cc1. The average Bonchev–Trinajstić information content (AvgIpc) is 3.40. The molecule has 0 unspecified atom stereocenters. The minimum atomic E-state index is -3.52. The van der Waals surface area contributed by atoms with Gasteiger partial charge in [-0.2, -0.15) is 0 Å². The third-order valence-corrected chi connectivity index (χ3v) is 8.58. The highest BCUT2D eigenvalue weighted by molar-refractivity contribution is 7.92. The van der Waals surface area contributed by atoms with Gasteiger partial charge in [0.1, 0.15) is 6.04 Å². The highest BCUT2D eigenvalue weighted by Gasteiger charge is 2.30. The van der Waals surface area contributed by atoms with Gasteiger partial charge in [0.25, 0.3) is 0 Å². The zero-order valence-electron chi connectivity index (χ0n) is 22.7. The number of amides is 2. The van der Waals surface area contributed by atoms with Crippen LogP contribution in [0.2, 0.25) is 5.02 Å². The Labute approximate surface area is 232 Å². The molecule has 38 heavy (non-hydrogen) atoms. The van der Waals surface area contributed by atoms with Crippen molar-refractivity contribution in [2.45, 2.75) is 83.8 Å². The number of carbonyl (C=O) groups is 2. The average molecular weight is 562 g/mol. The Hall–Kier alpha value is -2.58. The van der Waals surface area contributed by atoms with E-state index >= 15 is 0 Å². The summed E-state index contributed by atoms with van der Waals surface area (Å²) >= 11 is 6.05. The van der Waals surface area contributed by atoms with Gasteiger partial charge in [0.15, 0.2) is 0 Å². The monoisotopic (exact) mass is 561 g/mol. The summed E-state index contributed by atoms with van der Waals surface area (Å²) in [5.74, 6) is -0.307. The molecule has 0 radical (unpaired) electrons. The fourth-order valence-corrected chi connectivity index (χ4v) is 6.07. The second-order valence-electron chi connectivity index (χ2n) is 10.0. The van der Waals surface area contributed by atoms with Crippen molar-refractivity contribution < 1.29 is 18.0 Å². The Bertz CT molecular complexity index is 1160. The highest BCUT2D eigenvalue weighted by Crippen LogP contribution is 2.22. The van der Waals surface area contributed by atoms with E-state index in [1.165, 1.54) is 10.6 Å². The summed E-state index contributed by atoms with van der Waals surface area (Å²) in [6.45, 7) is 4.41. The van der Waals surface area contributed by atoms with Crippen LogP contribution in [0.4, 0.5) is 5.69 Å². The molecular weight excluding hydrogens is 522 g/mol. The molecule has 208 valence electrons. The number of anilines is 1. The lowest BCUT2D eigenvalue weighted by atomic mass is 10.1. The van der Waals surface area contributed by atoms with E-state index in [0.29, 0.717) is 23.6 Å². The predicted octanol–water partition coefficient (Wildman–Crippen LogP) is 5.31. The molecule has 3 rings (SSSR count). The van der Waals surface area contributed by atoms with Crippen molar-refractivity contribution in [3.05, 3.63) is 64.7 Å². The molecule has 0 heterocycles. The molecule has 2 aromatic rings. The second-order valence-corrected chi connectivity index (χ2v) is 12.4. The first-order valence-electron chi connectivity index (χ1n) is 13.5. The Morgan fingerprint density at radius 2 is 1.61 bits per heavy atom. The van der Waals surface area contributed by atoms with Gasteiger partial charge in [-0.3, -0.25) is 13.9 Å². The van der Waals surface area contributed by atoms with Crippen LogP contribution in [0, 0.1) is 0 Å². The summed E-state index contributed by atoms with van der Waals surface area (Å²) in [5, 5.41) is 3.75. The Morgan fingerprint density at radius 1 is 1.00 bits per heavy atom. The van der Waals surface area contributed by atoms with Crippen molar-refractivity contribution in [3.8, 4) is 0 Å². The lowest BCUT2D eigenvalue weighted by Crippen LogP contribution is -2.51. The van der Waals surface area contributed by atoms with E-state index in [0.717, 1.165) is 43.2 Å². The van der Waals surface area contributed by atoms with Crippen molar-refractivity contribution in [2.24, 2.45) is 0 Å². The topological polar surface area (TPSA) is 86.8 Å². The molecule has 9 heteroatoms. The number of benzene rings is 2. The van der Waals surface area contributed by atoms with Gasteiger partial charge in [-0.05, 0) is 67.5 Å². The van der Waals surface area contributed by atoms with Crippen LogP contribution in [-0.2, 0) is 32.6 Å². The summed E-state index contributed by atoms with van der Waals surface area (Å²) in [4.78, 5) is 28.5. The Morgan fingerprint density at radius 3 is 2.16 bits per heavy atom. The zero-order chi connectivity index (χ0) is 27.7. The van der Waals surface area contributed by atoms with E-state index in [1.54, 1.807) is 29.2 Å². The lowest BCUT2D eigenvalue weighted by Gasteiger charge is -2.32. The van der Waals surface area contributed by atoms with Crippen molar-refractivity contribution >= 4 is 39.1 Å². The molecule has 0 spiro atoms. The van der Waals surface area contributed by atoms with E-state index in [9.17, 15) is 18.0 Å². The molecule has 1 atom stereocenters. The van der Waals surface area contributed by atoms with Crippen LogP contribution < -0.4 is 9.62 Å². The molecule has 0 aliphatic heterocycles. The number of hydrogen-bond acceptors (Lipinski definition) is 4. The van der Waals surface area contributed by atoms with Crippen LogP contribution in [0.25, 0.3) is 0 Å². The van der Waals surface area contributed by atoms with Crippen LogP contribution in [0.5, 0.6) is 0 Å². The number of hydrogen-bond donors (Lipinski definition) is 1. The maximum absolute atomic E-state index is 13.6. The van der Waals surface area contributed by atoms with E-state index < -0.39 is 16.1 Å². The fraction of sp³-hybridized carbons (Fsp3) is 0.517. The van der Waals surface area contributed by atoms with Gasteiger partial charge in [-0.1, -0.05) is 62.6 Å². The highest BCUT2D eigenvalue weighted by atomic mass is 35.5. The first kappa shape index (κ1) is 30.0. The van der Waals surface area contributed by atoms with Gasteiger partial charge in [-0.25, -0.2) is 8.42 Å². The molecule has 0 aromatic heterocycles. The molecule has 1 aliphatic rings. The van der Waals surface area contributed by atoms with Gasteiger partial charge >= 0.3 is 0 Å². The number of halogens is 1. The number of nitrogens with one attached hydrogen (secondary N) is 1. The summed E-state index contributed by atoms with van der Waals surface area (Å²) in [6.07, 6.45) is 7.12. The third-order valence-electron chi connectivity index (χ3n) is 7.14. The largest absolute Gasteiger partial charge is 0.352 e. The Kier molecular flexibility index (Phi) is 11.0. The molecule has 1 saturated carbocycles. The predicted molar refractivity (Wildman–Crippen MR) is 154 cm³/mol. The normalized spacial score (nSPS) is 14.7. The van der Waals surface area contributed by atoms with Crippen LogP contribution in [0.15, 0.2) is 48.5 Å². The number of carbonyl (C=O) groups excluding carboxylic acids is 2. The minimum absolute atomic E-state index is 0.125. The fourth-order valence-electron chi connectivity index (χ4n) is 4.98. The van der Waals surface area contributed by atoms with E-state index in [-0.39, 0.29) is 37.4 Å². The van der Waals surface area contributed by atoms with Crippen molar-refractivity contribution in [3.63, 3.8) is 0 Å². The quantitative estimate of drug-likeness (QED) is 0.359. The van der Waals surface area contributed by atoms with Gasteiger partial charge in [0.2, 0.25) is 21.8 Å². The van der Waals surface area contributed by atoms with Gasteiger partial charge in [0, 0.05) is 30.6 Å². The molecule has 7 nitrogen and oxygen atoms in total. The maximum atomic E-state index is 13.6. The molecule has 1 fully saturated rings. The molecule has 1 aliphatic carbocycles. The first-order chi connectivity index (χ1) is 18.1. The number of rotatable bonds is 13. The molecule has 2 amide bonds. The van der Waals surface area contributed by atoms with E-state index in [1.807, 2.05) is 38.1 Å². The van der Waals surface area contributed by atoms with Gasteiger partial charge in [-0.15, -0.1) is 0 Å². The van der Waals surface area contributed by atoms with Crippen LogP contribution in [0.1, 0.15) is 69.9 Å². The molecule has 2 aromatic carbocycles. The van der Waals surface area contributed by atoms with Gasteiger partial charge < -0.3 is 10.2 Å². The van der Waals surface area contributed by atoms with Crippen LogP contribution in [-0.4, -0.2) is 50.0 Å². The first-order valence-corrected chi connectivity index (χ1v) is 15.8. The van der Waals surface area contributed by atoms with Crippen molar-refractivity contribution in [1.29, 1.82) is 0 Å². The number of sulfonamides is 1. The van der Waals surface area contributed by atoms with Crippen LogP contribution >= 0.6 is 11.6 Å².